The molecule has 0 radical (unpaired) electrons. The lowest BCUT2D eigenvalue weighted by molar-refractivity contribution is 0.249. The molecule has 0 aromatic heterocycles. The number of hydrogen-bond donors (Lipinski definition) is 1. The van der Waals surface area contributed by atoms with Crippen LogP contribution in [0.25, 0.3) is 0 Å². The molecule has 0 saturated carbocycles. The van der Waals surface area contributed by atoms with E-state index in [9.17, 15) is 0 Å². The molecular formula is C24H33IN4O2. The van der Waals surface area contributed by atoms with E-state index in [1.165, 1.54) is 37.9 Å². The topological polar surface area (TPSA) is 49.3 Å². The summed E-state index contributed by atoms with van der Waals surface area (Å²) in [5, 5.41) is 3.52. The lowest BCUT2D eigenvalue weighted by Gasteiger charge is -2.25. The molecule has 2 fully saturated rings. The Labute approximate surface area is 202 Å². The standard InChI is InChI=1S/C24H32N4O2.HI/c1-25-24(28-16-13-20(18-28)27-14-5-6-15-27)26-17-19-9-11-21(12-10-19)30-23-8-4-3-7-22(23)29-2;/h3-4,7-12,20H,5-6,13-18H2,1-2H3,(H,25,26);1H. The number of para-hydroxylation sites is 2. The van der Waals surface area contributed by atoms with Gasteiger partial charge in [-0.15, -0.1) is 24.0 Å². The number of rotatable bonds is 6. The third kappa shape index (κ3) is 6.04. The van der Waals surface area contributed by atoms with Crippen LogP contribution in [0.5, 0.6) is 17.2 Å². The van der Waals surface area contributed by atoms with Crippen LogP contribution in [0.4, 0.5) is 0 Å². The lowest BCUT2D eigenvalue weighted by Crippen LogP contribution is -2.42. The highest BCUT2D eigenvalue weighted by atomic mass is 127. The summed E-state index contributed by atoms with van der Waals surface area (Å²) in [6, 6.07) is 16.5. The minimum Gasteiger partial charge on any atom is -0.493 e. The largest absolute Gasteiger partial charge is 0.493 e. The van der Waals surface area contributed by atoms with E-state index in [1.54, 1.807) is 7.11 Å². The molecule has 2 aromatic rings. The zero-order valence-corrected chi connectivity index (χ0v) is 20.7. The van der Waals surface area contributed by atoms with E-state index in [2.05, 4.69) is 32.2 Å². The Morgan fingerprint density at radius 3 is 2.42 bits per heavy atom. The molecule has 2 aliphatic rings. The van der Waals surface area contributed by atoms with Crippen molar-refractivity contribution in [2.24, 2.45) is 4.99 Å². The van der Waals surface area contributed by atoms with E-state index < -0.39 is 0 Å². The SMILES string of the molecule is CN=C(NCc1ccc(Oc2ccccc2OC)cc1)N1CCC(N2CCCC2)C1.I. The first-order valence-corrected chi connectivity index (χ1v) is 10.9. The Morgan fingerprint density at radius 1 is 1.03 bits per heavy atom. The Balaban J connectivity index is 0.00000272. The maximum Gasteiger partial charge on any atom is 0.193 e. The summed E-state index contributed by atoms with van der Waals surface area (Å²) in [6.07, 6.45) is 3.93. The van der Waals surface area contributed by atoms with Gasteiger partial charge in [0, 0.05) is 32.7 Å². The zero-order valence-electron chi connectivity index (χ0n) is 18.4. The quantitative estimate of drug-likeness (QED) is 0.338. The molecule has 1 unspecified atom stereocenters. The Kier molecular flexibility index (Phi) is 8.83. The number of methoxy groups -OCH3 is 1. The number of nitrogens with one attached hydrogen (secondary N) is 1. The minimum absolute atomic E-state index is 0. The molecule has 2 saturated heterocycles. The van der Waals surface area contributed by atoms with Gasteiger partial charge in [0.2, 0.25) is 0 Å². The molecule has 7 heteroatoms. The smallest absolute Gasteiger partial charge is 0.193 e. The molecule has 0 bridgehead atoms. The molecule has 0 amide bonds. The van der Waals surface area contributed by atoms with Crippen molar-refractivity contribution in [3.8, 4) is 17.2 Å². The second kappa shape index (κ2) is 11.6. The Bertz CT molecular complexity index is 853. The molecule has 1 atom stereocenters. The summed E-state index contributed by atoms with van der Waals surface area (Å²) < 4.78 is 11.3. The Morgan fingerprint density at radius 2 is 1.74 bits per heavy atom. The summed E-state index contributed by atoms with van der Waals surface area (Å²) in [6.45, 7) is 5.41. The normalized spacial score (nSPS) is 19.2. The van der Waals surface area contributed by atoms with Crippen molar-refractivity contribution in [1.29, 1.82) is 0 Å². The highest BCUT2D eigenvalue weighted by Crippen LogP contribution is 2.30. The third-order valence-electron chi connectivity index (χ3n) is 6.00. The van der Waals surface area contributed by atoms with Gasteiger partial charge in [-0.2, -0.15) is 0 Å². The van der Waals surface area contributed by atoms with Crippen molar-refractivity contribution in [2.45, 2.75) is 31.8 Å². The van der Waals surface area contributed by atoms with Crippen molar-refractivity contribution >= 4 is 29.9 Å². The van der Waals surface area contributed by atoms with Gasteiger partial charge in [0.15, 0.2) is 17.5 Å². The Hall–Kier alpha value is -2.00. The molecule has 2 aromatic carbocycles. The predicted octanol–water partition coefficient (Wildman–Crippen LogP) is 4.35. The van der Waals surface area contributed by atoms with Crippen molar-refractivity contribution in [3.05, 3.63) is 54.1 Å². The first kappa shape index (κ1) is 23.7. The minimum atomic E-state index is 0. The molecule has 0 spiro atoms. The van der Waals surface area contributed by atoms with Gasteiger partial charge in [0.05, 0.1) is 7.11 Å². The molecule has 1 N–H and O–H groups in total. The summed E-state index contributed by atoms with van der Waals surface area (Å²) in [5.74, 6) is 3.23. The van der Waals surface area contributed by atoms with Gasteiger partial charge in [0.1, 0.15) is 5.75 Å². The fourth-order valence-electron chi connectivity index (χ4n) is 4.36. The van der Waals surface area contributed by atoms with Gasteiger partial charge in [-0.3, -0.25) is 9.89 Å². The first-order chi connectivity index (χ1) is 14.8. The van der Waals surface area contributed by atoms with E-state index in [0.717, 1.165) is 37.1 Å². The monoisotopic (exact) mass is 536 g/mol. The first-order valence-electron chi connectivity index (χ1n) is 10.9. The van der Waals surface area contributed by atoms with Crippen LogP contribution in [-0.4, -0.2) is 62.1 Å². The van der Waals surface area contributed by atoms with Gasteiger partial charge in [0.25, 0.3) is 0 Å². The fraction of sp³-hybridized carbons (Fsp3) is 0.458. The number of nitrogens with zero attached hydrogens (tertiary/aromatic N) is 3. The van der Waals surface area contributed by atoms with Crippen LogP contribution in [0.2, 0.25) is 0 Å². The predicted molar refractivity (Wildman–Crippen MR) is 136 cm³/mol. The number of ether oxygens (including phenoxy) is 2. The number of hydrogen-bond acceptors (Lipinski definition) is 4. The van der Waals surface area contributed by atoms with E-state index in [-0.39, 0.29) is 24.0 Å². The maximum atomic E-state index is 5.96. The van der Waals surface area contributed by atoms with Crippen LogP contribution < -0.4 is 14.8 Å². The molecule has 2 heterocycles. The third-order valence-corrected chi connectivity index (χ3v) is 6.00. The van der Waals surface area contributed by atoms with Crippen LogP contribution in [0.15, 0.2) is 53.5 Å². The van der Waals surface area contributed by atoms with Gasteiger partial charge in [-0.05, 0) is 62.2 Å². The zero-order chi connectivity index (χ0) is 20.8. The van der Waals surface area contributed by atoms with Crippen LogP contribution >= 0.6 is 24.0 Å². The maximum absolute atomic E-state index is 5.96. The number of aliphatic imine (C=N–C) groups is 1. The van der Waals surface area contributed by atoms with Gasteiger partial charge in [-0.25, -0.2) is 0 Å². The van der Waals surface area contributed by atoms with Crippen LogP contribution in [0.3, 0.4) is 0 Å². The summed E-state index contributed by atoms with van der Waals surface area (Å²) in [7, 11) is 3.52. The molecule has 2 aliphatic heterocycles. The second-order valence-electron chi connectivity index (χ2n) is 7.93. The number of benzene rings is 2. The molecule has 6 nitrogen and oxygen atoms in total. The van der Waals surface area contributed by atoms with E-state index in [0.29, 0.717) is 11.8 Å². The average Bonchev–Trinajstić information content (AvgIpc) is 3.48. The second-order valence-corrected chi connectivity index (χ2v) is 7.93. The van der Waals surface area contributed by atoms with Crippen molar-refractivity contribution in [3.63, 3.8) is 0 Å². The van der Waals surface area contributed by atoms with Gasteiger partial charge < -0.3 is 19.7 Å². The number of halogens is 1. The van der Waals surface area contributed by atoms with E-state index in [1.807, 2.05) is 43.4 Å². The number of likely N-dealkylation sites (tertiary alicyclic amines) is 2. The van der Waals surface area contributed by atoms with Crippen molar-refractivity contribution in [1.82, 2.24) is 15.1 Å². The molecule has 4 rings (SSSR count). The lowest BCUT2D eigenvalue weighted by atomic mass is 10.2. The van der Waals surface area contributed by atoms with E-state index in [4.69, 9.17) is 9.47 Å². The summed E-state index contributed by atoms with van der Waals surface area (Å²) in [4.78, 5) is 9.55. The summed E-state index contributed by atoms with van der Waals surface area (Å²) >= 11 is 0. The highest BCUT2D eigenvalue weighted by molar-refractivity contribution is 14.0. The van der Waals surface area contributed by atoms with Crippen molar-refractivity contribution in [2.75, 3.05) is 40.3 Å². The van der Waals surface area contributed by atoms with Crippen LogP contribution in [0.1, 0.15) is 24.8 Å². The molecule has 31 heavy (non-hydrogen) atoms. The van der Waals surface area contributed by atoms with Gasteiger partial charge >= 0.3 is 0 Å². The average molecular weight is 536 g/mol. The van der Waals surface area contributed by atoms with Crippen molar-refractivity contribution < 1.29 is 9.47 Å². The molecule has 168 valence electrons. The van der Waals surface area contributed by atoms with E-state index >= 15 is 0 Å². The van der Waals surface area contributed by atoms with Crippen LogP contribution in [0, 0.1) is 0 Å². The fourth-order valence-corrected chi connectivity index (χ4v) is 4.36. The van der Waals surface area contributed by atoms with Crippen LogP contribution in [-0.2, 0) is 6.54 Å². The summed E-state index contributed by atoms with van der Waals surface area (Å²) in [5.41, 5.74) is 1.19. The molecular weight excluding hydrogens is 503 g/mol. The number of guanidine groups is 1. The molecule has 0 aliphatic carbocycles. The highest BCUT2D eigenvalue weighted by Gasteiger charge is 2.30. The van der Waals surface area contributed by atoms with Gasteiger partial charge in [-0.1, -0.05) is 24.3 Å².